The molecule has 4 rings (SSSR count). The molecule has 41 heavy (non-hydrogen) atoms. The first kappa shape index (κ1) is 30.8. The van der Waals surface area contributed by atoms with Crippen LogP contribution in [-0.4, -0.2) is 71.1 Å². The predicted octanol–water partition coefficient (Wildman–Crippen LogP) is 4.37. The third-order valence-electron chi connectivity index (χ3n) is 8.68. The van der Waals surface area contributed by atoms with Gasteiger partial charge >= 0.3 is 6.09 Å². The molecule has 9 nitrogen and oxygen atoms in total. The van der Waals surface area contributed by atoms with Gasteiger partial charge in [-0.05, 0) is 58.1 Å². The van der Waals surface area contributed by atoms with Crippen LogP contribution in [-0.2, 0) is 20.9 Å². The van der Waals surface area contributed by atoms with E-state index in [4.69, 9.17) is 4.74 Å². The van der Waals surface area contributed by atoms with Crippen LogP contribution in [0.3, 0.4) is 0 Å². The summed E-state index contributed by atoms with van der Waals surface area (Å²) in [4.78, 5) is 43.9. The Morgan fingerprint density at radius 1 is 1.17 bits per heavy atom. The van der Waals surface area contributed by atoms with Crippen LogP contribution in [0.2, 0.25) is 0 Å². The van der Waals surface area contributed by atoms with Crippen LogP contribution in [0.15, 0.2) is 30.3 Å². The first-order valence-electron chi connectivity index (χ1n) is 15.3. The van der Waals surface area contributed by atoms with Gasteiger partial charge in [0.25, 0.3) is 0 Å². The second-order valence-corrected chi connectivity index (χ2v) is 13.1. The van der Waals surface area contributed by atoms with Crippen molar-refractivity contribution in [2.75, 3.05) is 26.2 Å². The van der Waals surface area contributed by atoms with Crippen molar-refractivity contribution in [3.8, 4) is 6.07 Å². The number of likely N-dealkylation sites (tertiary alicyclic amines) is 1. The van der Waals surface area contributed by atoms with Gasteiger partial charge in [0.15, 0.2) is 0 Å². The Kier molecular flexibility index (Phi) is 10.3. The fourth-order valence-corrected chi connectivity index (χ4v) is 6.51. The molecule has 2 heterocycles. The number of carbonyl (C=O) groups is 3. The van der Waals surface area contributed by atoms with Crippen molar-refractivity contribution < 1.29 is 19.1 Å². The lowest BCUT2D eigenvalue weighted by atomic mass is 9.80. The molecule has 1 aromatic rings. The van der Waals surface area contributed by atoms with Gasteiger partial charge in [-0.2, -0.15) is 5.26 Å². The minimum atomic E-state index is -0.934. The summed E-state index contributed by atoms with van der Waals surface area (Å²) in [6.07, 6.45) is 7.20. The summed E-state index contributed by atoms with van der Waals surface area (Å²) in [5.74, 6) is -0.245. The summed E-state index contributed by atoms with van der Waals surface area (Å²) >= 11 is 0. The predicted molar refractivity (Wildman–Crippen MR) is 156 cm³/mol. The van der Waals surface area contributed by atoms with Gasteiger partial charge in [-0.3, -0.25) is 9.59 Å². The lowest BCUT2D eigenvalue weighted by Crippen LogP contribution is -2.54. The van der Waals surface area contributed by atoms with Crippen LogP contribution in [0.5, 0.6) is 0 Å². The zero-order valence-corrected chi connectivity index (χ0v) is 25.0. The molecule has 9 heteroatoms. The van der Waals surface area contributed by atoms with Crippen molar-refractivity contribution in [1.82, 2.24) is 20.4 Å². The van der Waals surface area contributed by atoms with Crippen molar-refractivity contribution in [2.24, 2.45) is 11.8 Å². The monoisotopic (exact) mass is 565 g/mol. The van der Waals surface area contributed by atoms with E-state index in [1.165, 1.54) is 6.42 Å². The molecule has 2 saturated heterocycles. The third-order valence-corrected chi connectivity index (χ3v) is 8.68. The number of benzene rings is 1. The van der Waals surface area contributed by atoms with Crippen LogP contribution in [0.25, 0.3) is 0 Å². The van der Waals surface area contributed by atoms with E-state index < -0.39 is 23.2 Å². The fourth-order valence-electron chi connectivity index (χ4n) is 6.51. The summed E-state index contributed by atoms with van der Waals surface area (Å²) < 4.78 is 5.38. The van der Waals surface area contributed by atoms with E-state index in [0.29, 0.717) is 57.9 Å². The maximum atomic E-state index is 14.5. The van der Waals surface area contributed by atoms with E-state index in [9.17, 15) is 19.6 Å². The molecule has 3 fully saturated rings. The zero-order valence-electron chi connectivity index (χ0n) is 25.0. The highest BCUT2D eigenvalue weighted by Crippen LogP contribution is 2.34. The average molecular weight is 566 g/mol. The first-order valence-corrected chi connectivity index (χ1v) is 15.3. The smallest absolute Gasteiger partial charge is 0.407 e. The lowest BCUT2D eigenvalue weighted by Gasteiger charge is -2.39. The fraction of sp³-hybridized carbons (Fsp3) is 0.688. The van der Waals surface area contributed by atoms with E-state index in [-0.39, 0.29) is 24.3 Å². The summed E-state index contributed by atoms with van der Waals surface area (Å²) in [6, 6.07) is 12.1. The lowest BCUT2D eigenvalue weighted by molar-refractivity contribution is -0.145. The SMILES string of the molecule is CC(C)(C)OC(=O)NC1CCN(C(=O)CC(CC2CCCCC2)C(=O)N(Cc2ccccc2)C2(C#N)CCNC2)C1. The van der Waals surface area contributed by atoms with Crippen molar-refractivity contribution in [2.45, 2.75) is 102 Å². The Labute approximate surface area is 245 Å². The van der Waals surface area contributed by atoms with Crippen molar-refractivity contribution in [3.63, 3.8) is 0 Å². The number of alkyl carbamates (subject to hydrolysis) is 1. The molecule has 1 aromatic carbocycles. The van der Waals surface area contributed by atoms with Crippen LogP contribution < -0.4 is 10.6 Å². The second kappa shape index (κ2) is 13.7. The zero-order chi connectivity index (χ0) is 29.5. The molecule has 3 aliphatic rings. The number of rotatable bonds is 9. The second-order valence-electron chi connectivity index (χ2n) is 13.1. The van der Waals surface area contributed by atoms with Crippen molar-refractivity contribution in [1.29, 1.82) is 5.26 Å². The number of nitrogens with zero attached hydrogens (tertiary/aromatic N) is 3. The van der Waals surface area contributed by atoms with Gasteiger partial charge in [0.2, 0.25) is 11.8 Å². The number of nitriles is 1. The summed E-state index contributed by atoms with van der Waals surface area (Å²) in [5.41, 5.74) is -0.552. The molecule has 1 saturated carbocycles. The van der Waals surface area contributed by atoms with E-state index >= 15 is 0 Å². The molecule has 0 spiro atoms. The molecular weight excluding hydrogens is 518 g/mol. The first-order chi connectivity index (χ1) is 19.6. The van der Waals surface area contributed by atoms with Gasteiger partial charge in [-0.1, -0.05) is 62.4 Å². The number of amides is 3. The molecule has 0 radical (unpaired) electrons. The van der Waals surface area contributed by atoms with Gasteiger partial charge in [-0.25, -0.2) is 4.79 Å². The van der Waals surface area contributed by atoms with E-state index in [0.717, 1.165) is 31.2 Å². The highest BCUT2D eigenvalue weighted by atomic mass is 16.6. The maximum Gasteiger partial charge on any atom is 0.407 e. The largest absolute Gasteiger partial charge is 0.444 e. The van der Waals surface area contributed by atoms with E-state index in [2.05, 4.69) is 16.7 Å². The minimum absolute atomic E-state index is 0.0668. The molecule has 1 aliphatic carbocycles. The van der Waals surface area contributed by atoms with Gasteiger partial charge in [0, 0.05) is 38.5 Å². The third kappa shape index (κ3) is 8.45. The van der Waals surface area contributed by atoms with E-state index in [1.54, 1.807) is 9.80 Å². The van der Waals surface area contributed by atoms with Crippen molar-refractivity contribution >= 4 is 17.9 Å². The molecule has 3 unspecified atom stereocenters. The van der Waals surface area contributed by atoms with Gasteiger partial charge in [0.05, 0.1) is 12.1 Å². The Bertz CT molecular complexity index is 1080. The van der Waals surface area contributed by atoms with Crippen LogP contribution in [0.1, 0.15) is 84.1 Å². The van der Waals surface area contributed by atoms with E-state index in [1.807, 2.05) is 51.1 Å². The maximum absolute atomic E-state index is 14.5. The molecule has 2 N–H and O–H groups in total. The van der Waals surface area contributed by atoms with Crippen LogP contribution in [0, 0.1) is 23.2 Å². The Morgan fingerprint density at radius 2 is 1.90 bits per heavy atom. The van der Waals surface area contributed by atoms with Gasteiger partial charge in [-0.15, -0.1) is 0 Å². The molecule has 3 atom stereocenters. The molecule has 0 bridgehead atoms. The number of hydrogen-bond acceptors (Lipinski definition) is 6. The number of ether oxygens (including phenoxy) is 1. The Balaban J connectivity index is 1.50. The van der Waals surface area contributed by atoms with Crippen LogP contribution in [0.4, 0.5) is 4.79 Å². The quantitative estimate of drug-likeness (QED) is 0.460. The number of nitrogens with one attached hydrogen (secondary N) is 2. The summed E-state index contributed by atoms with van der Waals surface area (Å²) in [7, 11) is 0. The highest BCUT2D eigenvalue weighted by molar-refractivity contribution is 5.87. The minimum Gasteiger partial charge on any atom is -0.444 e. The molecular formula is C32H47N5O4. The molecule has 2 aliphatic heterocycles. The van der Waals surface area contributed by atoms with Crippen molar-refractivity contribution in [3.05, 3.63) is 35.9 Å². The summed E-state index contributed by atoms with van der Waals surface area (Å²) in [6.45, 7) is 7.84. The normalized spacial score (nSPS) is 24.0. The summed E-state index contributed by atoms with van der Waals surface area (Å²) in [5, 5.41) is 16.5. The molecule has 0 aromatic heterocycles. The van der Waals surface area contributed by atoms with Crippen LogP contribution >= 0.6 is 0 Å². The van der Waals surface area contributed by atoms with Gasteiger partial charge < -0.3 is 25.2 Å². The Morgan fingerprint density at radius 3 is 2.54 bits per heavy atom. The number of carbonyl (C=O) groups excluding carboxylic acids is 3. The standard InChI is InChI=1S/C32H47N5O4/c1-31(2,3)41-30(40)35-27-14-17-36(21-27)28(38)19-26(18-24-10-6-4-7-11-24)29(39)37(20-25-12-8-5-9-13-25)32(22-33)15-16-34-23-32/h5,8-9,12-13,24,26-27,34H,4,6-7,10-11,14-21,23H2,1-3H3,(H,35,40). The Hall–Kier alpha value is -3.12. The van der Waals surface area contributed by atoms with Gasteiger partial charge in [0.1, 0.15) is 11.1 Å². The molecule has 224 valence electrons. The molecule has 3 amide bonds. The number of hydrogen-bond donors (Lipinski definition) is 2. The average Bonchev–Trinajstić information content (AvgIpc) is 3.62. The topological polar surface area (TPSA) is 115 Å². The highest BCUT2D eigenvalue weighted by Gasteiger charge is 2.45.